The number of pyridine rings is 1. The molecule has 15 heavy (non-hydrogen) atoms. The zero-order valence-electron chi connectivity index (χ0n) is 9.59. The maximum absolute atomic E-state index is 5.58. The number of rotatable bonds is 5. The number of aromatic nitrogens is 1. The van der Waals surface area contributed by atoms with Crippen molar-refractivity contribution in [2.45, 2.75) is 33.6 Å². The van der Waals surface area contributed by atoms with Crippen LogP contribution in [0.3, 0.4) is 0 Å². The zero-order chi connectivity index (χ0) is 11.3. The number of halogens is 1. The maximum Gasteiger partial charge on any atom is 0.227 e. The predicted molar refractivity (Wildman–Crippen MR) is 66.2 cm³/mol. The fourth-order valence-corrected chi connectivity index (χ4v) is 1.87. The summed E-state index contributed by atoms with van der Waals surface area (Å²) in [5.41, 5.74) is 1.14. The van der Waals surface area contributed by atoms with E-state index in [0.29, 0.717) is 5.88 Å². The molecule has 0 radical (unpaired) electrons. The van der Waals surface area contributed by atoms with E-state index >= 15 is 0 Å². The van der Waals surface area contributed by atoms with Crippen LogP contribution in [0.2, 0.25) is 0 Å². The third kappa shape index (κ3) is 4.65. The summed E-state index contributed by atoms with van der Waals surface area (Å²) < 4.78 is 6.52. The molecule has 0 unspecified atom stereocenters. The normalized spacial score (nSPS) is 10.7. The van der Waals surface area contributed by atoms with Gasteiger partial charge in [0.15, 0.2) is 0 Å². The highest BCUT2D eigenvalue weighted by Crippen LogP contribution is 2.22. The summed E-state index contributed by atoms with van der Waals surface area (Å²) in [6.45, 7) is 7.20. The summed E-state index contributed by atoms with van der Waals surface area (Å²) in [6.07, 6.45) is 4.10. The van der Waals surface area contributed by atoms with Crippen molar-refractivity contribution in [3.8, 4) is 5.88 Å². The van der Waals surface area contributed by atoms with Gasteiger partial charge in [-0.2, -0.15) is 0 Å². The number of hydrogen-bond donors (Lipinski definition) is 0. The SMILES string of the molecule is Cc1cnc(OCCCC(C)C)c(Br)c1. The summed E-state index contributed by atoms with van der Waals surface area (Å²) in [4.78, 5) is 4.23. The first kappa shape index (κ1) is 12.5. The van der Waals surface area contributed by atoms with E-state index in [0.717, 1.165) is 29.0 Å². The zero-order valence-corrected chi connectivity index (χ0v) is 11.2. The molecular formula is C12H18BrNO. The van der Waals surface area contributed by atoms with Gasteiger partial charge < -0.3 is 4.74 Å². The molecule has 84 valence electrons. The Morgan fingerprint density at radius 2 is 2.20 bits per heavy atom. The van der Waals surface area contributed by atoms with E-state index in [-0.39, 0.29) is 0 Å². The van der Waals surface area contributed by atoms with Crippen LogP contribution in [-0.2, 0) is 0 Å². The van der Waals surface area contributed by atoms with E-state index in [4.69, 9.17) is 4.74 Å². The van der Waals surface area contributed by atoms with Crippen molar-refractivity contribution in [3.63, 3.8) is 0 Å². The number of ether oxygens (including phenoxy) is 1. The number of aryl methyl sites for hydroxylation is 1. The lowest BCUT2D eigenvalue weighted by atomic mass is 10.1. The van der Waals surface area contributed by atoms with Crippen molar-refractivity contribution in [1.29, 1.82) is 0 Å². The first-order chi connectivity index (χ1) is 7.09. The van der Waals surface area contributed by atoms with Crippen LogP contribution in [0.5, 0.6) is 5.88 Å². The molecule has 1 rings (SSSR count). The van der Waals surface area contributed by atoms with Crippen molar-refractivity contribution in [1.82, 2.24) is 4.98 Å². The summed E-state index contributed by atoms with van der Waals surface area (Å²) >= 11 is 3.44. The average molecular weight is 272 g/mol. The highest BCUT2D eigenvalue weighted by atomic mass is 79.9. The third-order valence-corrected chi connectivity index (χ3v) is 2.68. The Hall–Kier alpha value is -0.570. The second kappa shape index (κ2) is 6.11. The largest absolute Gasteiger partial charge is 0.477 e. The smallest absolute Gasteiger partial charge is 0.227 e. The van der Waals surface area contributed by atoms with Crippen molar-refractivity contribution >= 4 is 15.9 Å². The molecule has 0 fully saturated rings. The Morgan fingerprint density at radius 3 is 2.80 bits per heavy atom. The minimum atomic E-state index is 0.698. The summed E-state index contributed by atoms with van der Waals surface area (Å²) in [5, 5.41) is 0. The quantitative estimate of drug-likeness (QED) is 0.757. The van der Waals surface area contributed by atoms with Crippen LogP contribution < -0.4 is 4.74 Å². The van der Waals surface area contributed by atoms with Crippen LogP contribution in [0.1, 0.15) is 32.3 Å². The molecule has 0 saturated heterocycles. The summed E-state index contributed by atoms with van der Waals surface area (Å²) in [5.74, 6) is 1.44. The third-order valence-electron chi connectivity index (χ3n) is 2.11. The van der Waals surface area contributed by atoms with Crippen molar-refractivity contribution in [2.75, 3.05) is 6.61 Å². The van der Waals surface area contributed by atoms with Crippen LogP contribution in [0, 0.1) is 12.8 Å². The molecule has 0 N–H and O–H groups in total. The lowest BCUT2D eigenvalue weighted by Crippen LogP contribution is -2.01. The minimum Gasteiger partial charge on any atom is -0.477 e. The van der Waals surface area contributed by atoms with Crippen LogP contribution in [0.25, 0.3) is 0 Å². The van der Waals surface area contributed by atoms with E-state index < -0.39 is 0 Å². The lowest BCUT2D eigenvalue weighted by molar-refractivity contribution is 0.285. The standard InChI is InChI=1S/C12H18BrNO/c1-9(2)5-4-6-15-12-11(13)7-10(3)8-14-12/h7-9H,4-6H2,1-3H3. The number of hydrogen-bond acceptors (Lipinski definition) is 2. The second-order valence-corrected chi connectivity index (χ2v) is 5.04. The van der Waals surface area contributed by atoms with E-state index in [1.165, 1.54) is 6.42 Å². The molecule has 0 aromatic carbocycles. The number of nitrogens with zero attached hydrogens (tertiary/aromatic N) is 1. The molecule has 0 bridgehead atoms. The summed E-state index contributed by atoms with van der Waals surface area (Å²) in [7, 11) is 0. The highest BCUT2D eigenvalue weighted by Gasteiger charge is 2.02. The van der Waals surface area contributed by atoms with Crippen LogP contribution in [0.4, 0.5) is 0 Å². The topological polar surface area (TPSA) is 22.1 Å². The van der Waals surface area contributed by atoms with E-state index in [1.54, 1.807) is 0 Å². The molecule has 0 atom stereocenters. The fourth-order valence-electron chi connectivity index (χ4n) is 1.29. The molecule has 3 heteroatoms. The van der Waals surface area contributed by atoms with E-state index in [2.05, 4.69) is 34.8 Å². The first-order valence-corrected chi connectivity index (χ1v) is 6.14. The Kier molecular flexibility index (Phi) is 5.09. The Morgan fingerprint density at radius 1 is 1.47 bits per heavy atom. The van der Waals surface area contributed by atoms with Gasteiger partial charge in [0.25, 0.3) is 0 Å². The van der Waals surface area contributed by atoms with Gasteiger partial charge >= 0.3 is 0 Å². The van der Waals surface area contributed by atoms with Gasteiger partial charge in [0, 0.05) is 6.20 Å². The van der Waals surface area contributed by atoms with Gasteiger partial charge in [0.2, 0.25) is 5.88 Å². The van der Waals surface area contributed by atoms with Gasteiger partial charge in [-0.1, -0.05) is 13.8 Å². The maximum atomic E-state index is 5.58. The van der Waals surface area contributed by atoms with Gasteiger partial charge in [-0.25, -0.2) is 4.98 Å². The highest BCUT2D eigenvalue weighted by molar-refractivity contribution is 9.10. The fraction of sp³-hybridized carbons (Fsp3) is 0.583. The van der Waals surface area contributed by atoms with Crippen molar-refractivity contribution < 1.29 is 4.74 Å². The average Bonchev–Trinajstić information content (AvgIpc) is 2.14. The lowest BCUT2D eigenvalue weighted by Gasteiger charge is -2.08. The predicted octanol–water partition coefficient (Wildman–Crippen LogP) is 3.97. The Bertz CT molecular complexity index is 312. The molecule has 0 amide bonds. The van der Waals surface area contributed by atoms with Crippen LogP contribution in [-0.4, -0.2) is 11.6 Å². The molecule has 0 spiro atoms. The molecule has 0 aliphatic carbocycles. The summed E-state index contributed by atoms with van der Waals surface area (Å²) in [6, 6.07) is 2.02. The molecule has 2 nitrogen and oxygen atoms in total. The Balaban J connectivity index is 2.37. The van der Waals surface area contributed by atoms with Crippen molar-refractivity contribution in [3.05, 3.63) is 22.3 Å². The van der Waals surface area contributed by atoms with E-state index in [1.807, 2.05) is 19.2 Å². The van der Waals surface area contributed by atoms with Crippen molar-refractivity contribution in [2.24, 2.45) is 5.92 Å². The van der Waals surface area contributed by atoms with Crippen LogP contribution in [0.15, 0.2) is 16.7 Å². The minimum absolute atomic E-state index is 0.698. The van der Waals surface area contributed by atoms with Gasteiger partial charge in [-0.3, -0.25) is 0 Å². The molecule has 0 saturated carbocycles. The van der Waals surface area contributed by atoms with E-state index in [9.17, 15) is 0 Å². The molecular weight excluding hydrogens is 254 g/mol. The van der Waals surface area contributed by atoms with Gasteiger partial charge in [-0.15, -0.1) is 0 Å². The van der Waals surface area contributed by atoms with Crippen LogP contribution >= 0.6 is 15.9 Å². The monoisotopic (exact) mass is 271 g/mol. The second-order valence-electron chi connectivity index (χ2n) is 4.18. The van der Waals surface area contributed by atoms with Gasteiger partial charge in [0.1, 0.15) is 0 Å². The Labute approximate surface area is 100 Å². The molecule has 0 aliphatic heterocycles. The van der Waals surface area contributed by atoms with Gasteiger partial charge in [-0.05, 0) is 53.2 Å². The molecule has 1 heterocycles. The molecule has 0 aliphatic rings. The first-order valence-electron chi connectivity index (χ1n) is 5.34. The molecule has 1 aromatic rings. The van der Waals surface area contributed by atoms with Gasteiger partial charge in [0.05, 0.1) is 11.1 Å². The molecule has 1 aromatic heterocycles.